The van der Waals surface area contributed by atoms with Crippen LogP contribution >= 0.6 is 11.6 Å². The number of anilines is 1. The van der Waals surface area contributed by atoms with Crippen LogP contribution in [0.5, 0.6) is 0 Å². The van der Waals surface area contributed by atoms with Crippen molar-refractivity contribution in [3.8, 4) is 0 Å². The third kappa shape index (κ3) is 2.59. The van der Waals surface area contributed by atoms with Crippen LogP contribution in [0, 0.1) is 5.82 Å². The van der Waals surface area contributed by atoms with Crippen LogP contribution in [0.2, 0.25) is 5.02 Å². The Morgan fingerprint density at radius 3 is 2.89 bits per heavy atom. The van der Waals surface area contributed by atoms with E-state index >= 15 is 0 Å². The van der Waals surface area contributed by atoms with Crippen molar-refractivity contribution in [2.24, 2.45) is 0 Å². The topological polar surface area (TPSA) is 12.0 Å². The van der Waals surface area contributed by atoms with Crippen molar-refractivity contribution in [3.05, 3.63) is 64.4 Å². The number of hydrogen-bond donors (Lipinski definition) is 1. The van der Waals surface area contributed by atoms with Gasteiger partial charge in [-0.2, -0.15) is 0 Å². The quantitative estimate of drug-likeness (QED) is 0.854. The Labute approximate surface area is 117 Å². The molecule has 1 heterocycles. The Bertz CT molecular complexity index is 597. The van der Waals surface area contributed by atoms with E-state index in [-0.39, 0.29) is 16.9 Å². The number of hydrogen-bond acceptors (Lipinski definition) is 1. The summed E-state index contributed by atoms with van der Waals surface area (Å²) in [5.74, 6) is -0.287. The molecule has 1 nitrogen and oxygen atoms in total. The lowest BCUT2D eigenvalue weighted by atomic mass is 9.94. The Morgan fingerprint density at radius 1 is 1.16 bits per heavy atom. The number of aryl methyl sites for hydroxylation is 1. The van der Waals surface area contributed by atoms with Crippen LogP contribution in [0.15, 0.2) is 42.5 Å². The first kappa shape index (κ1) is 12.5. The van der Waals surface area contributed by atoms with Crippen LogP contribution in [0.1, 0.15) is 17.5 Å². The summed E-state index contributed by atoms with van der Waals surface area (Å²) in [6, 6.07) is 13.8. The molecule has 0 saturated carbocycles. The number of para-hydroxylation sites is 1. The van der Waals surface area contributed by atoms with Gasteiger partial charge < -0.3 is 5.32 Å². The average molecular weight is 276 g/mol. The third-order valence-corrected chi connectivity index (χ3v) is 3.93. The maximum Gasteiger partial charge on any atom is 0.145 e. The fraction of sp³-hybridized carbons (Fsp3) is 0.250. The highest BCUT2D eigenvalue weighted by Crippen LogP contribution is 2.27. The third-order valence-electron chi connectivity index (χ3n) is 3.64. The van der Waals surface area contributed by atoms with Gasteiger partial charge in [0.05, 0.1) is 5.02 Å². The van der Waals surface area contributed by atoms with Gasteiger partial charge in [-0.15, -0.1) is 0 Å². The summed E-state index contributed by atoms with van der Waals surface area (Å²) >= 11 is 5.82. The second kappa shape index (κ2) is 5.22. The SMILES string of the molecule is Fc1c(Cl)cccc1CC1CCc2ccccc2N1. The molecule has 0 aliphatic carbocycles. The van der Waals surface area contributed by atoms with Crippen LogP contribution < -0.4 is 5.32 Å². The average Bonchev–Trinajstić information content (AvgIpc) is 2.44. The van der Waals surface area contributed by atoms with E-state index in [1.54, 1.807) is 12.1 Å². The molecule has 0 bridgehead atoms. The summed E-state index contributed by atoms with van der Waals surface area (Å²) in [5.41, 5.74) is 3.19. The molecule has 0 fully saturated rings. The van der Waals surface area contributed by atoms with Crippen molar-refractivity contribution in [2.45, 2.75) is 25.3 Å². The number of benzene rings is 2. The zero-order valence-corrected chi connectivity index (χ0v) is 11.3. The molecule has 0 amide bonds. The molecule has 0 spiro atoms. The lowest BCUT2D eigenvalue weighted by Crippen LogP contribution is -2.27. The molecule has 0 radical (unpaired) electrons. The summed E-state index contributed by atoms with van der Waals surface area (Å²) in [7, 11) is 0. The Balaban J connectivity index is 1.77. The van der Waals surface area contributed by atoms with Gasteiger partial charge in [-0.05, 0) is 42.5 Å². The summed E-state index contributed by atoms with van der Waals surface area (Å²) in [4.78, 5) is 0. The van der Waals surface area contributed by atoms with E-state index in [1.807, 2.05) is 12.1 Å². The van der Waals surface area contributed by atoms with Gasteiger partial charge in [-0.25, -0.2) is 4.39 Å². The Kier molecular flexibility index (Phi) is 3.43. The van der Waals surface area contributed by atoms with Gasteiger partial charge in [0.1, 0.15) is 5.82 Å². The van der Waals surface area contributed by atoms with Crippen LogP contribution in [-0.4, -0.2) is 6.04 Å². The maximum atomic E-state index is 13.9. The number of rotatable bonds is 2. The van der Waals surface area contributed by atoms with Crippen molar-refractivity contribution in [3.63, 3.8) is 0 Å². The molecule has 98 valence electrons. The van der Waals surface area contributed by atoms with Crippen molar-refractivity contribution in [2.75, 3.05) is 5.32 Å². The monoisotopic (exact) mass is 275 g/mol. The predicted molar refractivity (Wildman–Crippen MR) is 77.3 cm³/mol. The van der Waals surface area contributed by atoms with E-state index < -0.39 is 0 Å². The van der Waals surface area contributed by atoms with E-state index in [2.05, 4.69) is 23.5 Å². The highest BCUT2D eigenvalue weighted by molar-refractivity contribution is 6.30. The molecule has 1 N–H and O–H groups in total. The minimum absolute atomic E-state index is 0.203. The lowest BCUT2D eigenvalue weighted by Gasteiger charge is -2.27. The summed E-state index contributed by atoms with van der Waals surface area (Å²) in [6.07, 6.45) is 2.72. The van der Waals surface area contributed by atoms with Crippen LogP contribution in [0.4, 0.5) is 10.1 Å². The highest BCUT2D eigenvalue weighted by Gasteiger charge is 2.19. The van der Waals surface area contributed by atoms with Gasteiger partial charge >= 0.3 is 0 Å². The Hall–Kier alpha value is -1.54. The predicted octanol–water partition coefficient (Wildman–Crippen LogP) is 4.45. The van der Waals surface area contributed by atoms with Gasteiger partial charge in [0, 0.05) is 11.7 Å². The largest absolute Gasteiger partial charge is 0.382 e. The van der Waals surface area contributed by atoms with Crippen molar-refractivity contribution < 1.29 is 4.39 Å². The van der Waals surface area contributed by atoms with Crippen LogP contribution in [-0.2, 0) is 12.8 Å². The minimum atomic E-state index is -0.287. The van der Waals surface area contributed by atoms with E-state index in [0.717, 1.165) is 12.8 Å². The van der Waals surface area contributed by atoms with Gasteiger partial charge in [0.15, 0.2) is 0 Å². The molecule has 2 aromatic carbocycles. The molecule has 1 aliphatic heterocycles. The molecule has 1 unspecified atom stereocenters. The molecule has 19 heavy (non-hydrogen) atoms. The number of nitrogens with one attached hydrogen (secondary N) is 1. The van der Waals surface area contributed by atoms with Crippen LogP contribution in [0.25, 0.3) is 0 Å². The Morgan fingerprint density at radius 2 is 2.00 bits per heavy atom. The minimum Gasteiger partial charge on any atom is -0.382 e. The molecule has 1 aliphatic rings. The molecule has 3 heteroatoms. The number of halogens is 2. The molecule has 0 saturated heterocycles. The normalized spacial score (nSPS) is 17.7. The zero-order valence-electron chi connectivity index (χ0n) is 10.5. The zero-order chi connectivity index (χ0) is 13.2. The van der Waals surface area contributed by atoms with Crippen molar-refractivity contribution >= 4 is 17.3 Å². The van der Waals surface area contributed by atoms with Crippen molar-refractivity contribution in [1.29, 1.82) is 0 Å². The summed E-state index contributed by atoms with van der Waals surface area (Å²) in [5, 5.41) is 3.68. The second-order valence-electron chi connectivity index (χ2n) is 4.95. The molecule has 1 atom stereocenters. The standard InChI is InChI=1S/C16H15ClFN/c17-14-6-3-5-12(16(14)18)10-13-9-8-11-4-1-2-7-15(11)19-13/h1-7,13,19H,8-10H2. The van der Waals surface area contributed by atoms with Crippen molar-refractivity contribution in [1.82, 2.24) is 0 Å². The smallest absolute Gasteiger partial charge is 0.145 e. The molecular formula is C16H15ClFN. The van der Waals surface area contributed by atoms with E-state index in [1.165, 1.54) is 11.3 Å². The van der Waals surface area contributed by atoms with E-state index in [0.29, 0.717) is 12.0 Å². The van der Waals surface area contributed by atoms with Gasteiger partial charge in [-0.1, -0.05) is 41.9 Å². The first-order chi connectivity index (χ1) is 9.24. The molecular weight excluding hydrogens is 261 g/mol. The van der Waals surface area contributed by atoms with Crippen LogP contribution in [0.3, 0.4) is 0 Å². The molecule has 0 aromatic heterocycles. The van der Waals surface area contributed by atoms with Gasteiger partial charge in [0.25, 0.3) is 0 Å². The van der Waals surface area contributed by atoms with Gasteiger partial charge in [-0.3, -0.25) is 0 Å². The maximum absolute atomic E-state index is 13.9. The fourth-order valence-corrected chi connectivity index (χ4v) is 2.82. The fourth-order valence-electron chi connectivity index (χ4n) is 2.63. The van der Waals surface area contributed by atoms with E-state index in [4.69, 9.17) is 11.6 Å². The number of fused-ring (bicyclic) bond motifs is 1. The second-order valence-corrected chi connectivity index (χ2v) is 5.36. The molecule has 2 aromatic rings. The van der Waals surface area contributed by atoms with E-state index in [9.17, 15) is 4.39 Å². The van der Waals surface area contributed by atoms with Gasteiger partial charge in [0.2, 0.25) is 0 Å². The first-order valence-corrected chi connectivity index (χ1v) is 6.89. The molecule has 3 rings (SSSR count). The summed E-state index contributed by atoms with van der Waals surface area (Å²) < 4.78 is 13.9. The highest BCUT2D eigenvalue weighted by atomic mass is 35.5. The lowest BCUT2D eigenvalue weighted by molar-refractivity contribution is 0.576. The first-order valence-electron chi connectivity index (χ1n) is 6.51. The summed E-state index contributed by atoms with van der Waals surface area (Å²) in [6.45, 7) is 0.